The Kier molecular flexibility index (Phi) is 4.73. The second kappa shape index (κ2) is 6.71. The average Bonchev–Trinajstić information content (AvgIpc) is 2.52. The van der Waals surface area contributed by atoms with Crippen molar-refractivity contribution in [3.05, 3.63) is 63.7 Å². The summed E-state index contributed by atoms with van der Waals surface area (Å²) in [6, 6.07) is 11.8. The number of rotatable bonds is 6. The predicted molar refractivity (Wildman–Crippen MR) is 78.3 cm³/mol. The third kappa shape index (κ3) is 3.49. The van der Waals surface area contributed by atoms with E-state index in [4.69, 9.17) is 15.2 Å². The zero-order chi connectivity index (χ0) is 15.2. The normalized spacial score (nSPS) is 10.2. The number of methoxy groups -OCH3 is 1. The molecule has 0 bridgehead atoms. The fourth-order valence-electron chi connectivity index (χ4n) is 1.93. The van der Waals surface area contributed by atoms with Crippen LogP contribution >= 0.6 is 0 Å². The Morgan fingerprint density at radius 2 is 1.95 bits per heavy atom. The summed E-state index contributed by atoms with van der Waals surface area (Å²) >= 11 is 0. The second-order valence-electron chi connectivity index (χ2n) is 4.36. The number of nitrogens with two attached hydrogens (primary N) is 1. The molecule has 2 aromatic rings. The van der Waals surface area contributed by atoms with Gasteiger partial charge in [-0.3, -0.25) is 10.1 Å². The molecule has 0 aliphatic heterocycles. The largest absolute Gasteiger partial charge is 0.493 e. The number of para-hydroxylation sites is 1. The standard InChI is InChI=1S/C15H16N2O4/c1-20-14-7-6-11(9-16)8-15(14)21-10-12-4-2-3-5-13(12)17(18)19/h2-8H,9-10,16H2,1H3. The summed E-state index contributed by atoms with van der Waals surface area (Å²) in [5, 5.41) is 11.0. The summed E-state index contributed by atoms with van der Waals surface area (Å²) in [5.74, 6) is 1.07. The zero-order valence-corrected chi connectivity index (χ0v) is 11.6. The summed E-state index contributed by atoms with van der Waals surface area (Å²) < 4.78 is 10.9. The Bertz CT molecular complexity index is 643. The van der Waals surface area contributed by atoms with E-state index < -0.39 is 4.92 Å². The maximum Gasteiger partial charge on any atom is 0.276 e. The molecule has 0 heterocycles. The summed E-state index contributed by atoms with van der Waals surface area (Å²) in [7, 11) is 1.54. The van der Waals surface area contributed by atoms with Crippen LogP contribution in [0.25, 0.3) is 0 Å². The first-order valence-electron chi connectivity index (χ1n) is 6.37. The SMILES string of the molecule is COc1ccc(CN)cc1OCc1ccccc1[N+](=O)[O-]. The fourth-order valence-corrected chi connectivity index (χ4v) is 1.93. The van der Waals surface area contributed by atoms with Crippen LogP contribution in [0, 0.1) is 10.1 Å². The summed E-state index contributed by atoms with van der Waals surface area (Å²) in [4.78, 5) is 10.5. The van der Waals surface area contributed by atoms with Gasteiger partial charge in [-0.05, 0) is 23.8 Å². The lowest BCUT2D eigenvalue weighted by molar-refractivity contribution is -0.385. The van der Waals surface area contributed by atoms with E-state index in [0.29, 0.717) is 23.6 Å². The molecule has 6 heteroatoms. The van der Waals surface area contributed by atoms with Crippen molar-refractivity contribution in [3.8, 4) is 11.5 Å². The molecule has 0 unspecified atom stereocenters. The molecule has 0 saturated carbocycles. The average molecular weight is 288 g/mol. The lowest BCUT2D eigenvalue weighted by Gasteiger charge is -2.12. The van der Waals surface area contributed by atoms with Crippen LogP contribution in [0.1, 0.15) is 11.1 Å². The van der Waals surface area contributed by atoms with Gasteiger partial charge in [0.25, 0.3) is 5.69 Å². The van der Waals surface area contributed by atoms with Gasteiger partial charge in [0.15, 0.2) is 11.5 Å². The summed E-state index contributed by atoms with van der Waals surface area (Å²) in [5.41, 5.74) is 7.03. The van der Waals surface area contributed by atoms with Gasteiger partial charge in [-0.15, -0.1) is 0 Å². The Balaban J connectivity index is 2.22. The lowest BCUT2D eigenvalue weighted by Crippen LogP contribution is -2.03. The van der Waals surface area contributed by atoms with Crippen molar-refractivity contribution in [2.45, 2.75) is 13.2 Å². The minimum Gasteiger partial charge on any atom is -0.493 e. The number of nitro benzene ring substituents is 1. The Morgan fingerprint density at radius 1 is 1.19 bits per heavy atom. The highest BCUT2D eigenvalue weighted by molar-refractivity contribution is 5.44. The van der Waals surface area contributed by atoms with E-state index in [1.807, 2.05) is 6.07 Å². The van der Waals surface area contributed by atoms with E-state index in [1.54, 1.807) is 30.3 Å². The molecule has 0 aliphatic rings. The maximum atomic E-state index is 11.0. The molecule has 0 saturated heterocycles. The van der Waals surface area contributed by atoms with Gasteiger partial charge in [0.05, 0.1) is 17.6 Å². The van der Waals surface area contributed by atoms with Crippen molar-refractivity contribution in [3.63, 3.8) is 0 Å². The molecule has 0 amide bonds. The minimum atomic E-state index is -0.424. The number of hydrogen-bond acceptors (Lipinski definition) is 5. The molecular formula is C15H16N2O4. The van der Waals surface area contributed by atoms with Crippen molar-refractivity contribution in [2.75, 3.05) is 7.11 Å². The van der Waals surface area contributed by atoms with Gasteiger partial charge >= 0.3 is 0 Å². The van der Waals surface area contributed by atoms with Crippen LogP contribution in [0.2, 0.25) is 0 Å². The van der Waals surface area contributed by atoms with Crippen LogP contribution in [-0.2, 0) is 13.2 Å². The third-order valence-corrected chi connectivity index (χ3v) is 3.04. The van der Waals surface area contributed by atoms with Crippen LogP contribution < -0.4 is 15.2 Å². The summed E-state index contributed by atoms with van der Waals surface area (Å²) in [6.45, 7) is 0.466. The molecule has 0 spiro atoms. The highest BCUT2D eigenvalue weighted by Gasteiger charge is 2.14. The molecule has 0 fully saturated rings. The van der Waals surface area contributed by atoms with Crippen molar-refractivity contribution in [1.82, 2.24) is 0 Å². The van der Waals surface area contributed by atoms with E-state index in [9.17, 15) is 10.1 Å². The number of benzene rings is 2. The minimum absolute atomic E-state index is 0.0337. The smallest absolute Gasteiger partial charge is 0.276 e. The van der Waals surface area contributed by atoms with Crippen LogP contribution in [-0.4, -0.2) is 12.0 Å². The first-order valence-corrected chi connectivity index (χ1v) is 6.37. The van der Waals surface area contributed by atoms with Crippen molar-refractivity contribution in [2.24, 2.45) is 5.73 Å². The third-order valence-electron chi connectivity index (χ3n) is 3.04. The molecule has 0 aromatic heterocycles. The zero-order valence-electron chi connectivity index (χ0n) is 11.6. The van der Waals surface area contributed by atoms with Gasteiger partial charge in [0.1, 0.15) is 6.61 Å². The molecule has 2 aromatic carbocycles. The monoisotopic (exact) mass is 288 g/mol. The fraction of sp³-hybridized carbons (Fsp3) is 0.200. The maximum absolute atomic E-state index is 11.0. The van der Waals surface area contributed by atoms with Gasteiger partial charge in [-0.2, -0.15) is 0 Å². The second-order valence-corrected chi connectivity index (χ2v) is 4.36. The van der Waals surface area contributed by atoms with Gasteiger partial charge in [-0.1, -0.05) is 18.2 Å². The van der Waals surface area contributed by atoms with Gasteiger partial charge in [-0.25, -0.2) is 0 Å². The highest BCUT2D eigenvalue weighted by Crippen LogP contribution is 2.29. The van der Waals surface area contributed by atoms with Crippen LogP contribution in [0.3, 0.4) is 0 Å². The van der Waals surface area contributed by atoms with Crippen LogP contribution in [0.5, 0.6) is 11.5 Å². The first kappa shape index (κ1) is 14.8. The molecular weight excluding hydrogens is 272 g/mol. The topological polar surface area (TPSA) is 87.6 Å². The van der Waals surface area contributed by atoms with E-state index in [1.165, 1.54) is 13.2 Å². The van der Waals surface area contributed by atoms with E-state index in [-0.39, 0.29) is 12.3 Å². The number of ether oxygens (including phenoxy) is 2. The molecule has 2 rings (SSSR count). The Labute approximate surface area is 122 Å². The quantitative estimate of drug-likeness (QED) is 0.652. The molecule has 0 atom stereocenters. The number of nitrogens with zero attached hydrogens (tertiary/aromatic N) is 1. The number of hydrogen-bond donors (Lipinski definition) is 1. The van der Waals surface area contributed by atoms with E-state index >= 15 is 0 Å². The van der Waals surface area contributed by atoms with Crippen LogP contribution in [0.15, 0.2) is 42.5 Å². The Morgan fingerprint density at radius 3 is 2.62 bits per heavy atom. The van der Waals surface area contributed by atoms with E-state index in [2.05, 4.69) is 0 Å². The molecule has 2 N–H and O–H groups in total. The Hall–Kier alpha value is -2.60. The predicted octanol–water partition coefficient (Wildman–Crippen LogP) is 2.64. The highest BCUT2D eigenvalue weighted by atomic mass is 16.6. The molecule has 0 aliphatic carbocycles. The molecule has 21 heavy (non-hydrogen) atoms. The van der Waals surface area contributed by atoms with Crippen molar-refractivity contribution < 1.29 is 14.4 Å². The number of nitro groups is 1. The first-order chi connectivity index (χ1) is 10.2. The molecule has 110 valence electrons. The van der Waals surface area contributed by atoms with Gasteiger partial charge < -0.3 is 15.2 Å². The molecule has 6 nitrogen and oxygen atoms in total. The molecule has 0 radical (unpaired) electrons. The summed E-state index contributed by atoms with van der Waals surface area (Å²) in [6.07, 6.45) is 0. The van der Waals surface area contributed by atoms with Gasteiger partial charge in [0, 0.05) is 12.6 Å². The lowest BCUT2D eigenvalue weighted by atomic mass is 10.2. The van der Waals surface area contributed by atoms with Gasteiger partial charge in [0.2, 0.25) is 0 Å². The van der Waals surface area contributed by atoms with Crippen LogP contribution in [0.4, 0.5) is 5.69 Å². The van der Waals surface area contributed by atoms with Crippen molar-refractivity contribution in [1.29, 1.82) is 0 Å². The van der Waals surface area contributed by atoms with Crippen molar-refractivity contribution >= 4 is 5.69 Å². The van der Waals surface area contributed by atoms with E-state index in [0.717, 1.165) is 5.56 Å².